The number of fused-ring (bicyclic) bond motifs is 1. The van der Waals surface area contributed by atoms with E-state index in [0.717, 1.165) is 16.2 Å². The number of thioether (sulfide) groups is 1. The van der Waals surface area contributed by atoms with Gasteiger partial charge in [0, 0.05) is 30.8 Å². The van der Waals surface area contributed by atoms with E-state index in [9.17, 15) is 29.2 Å². The van der Waals surface area contributed by atoms with Crippen LogP contribution in [0, 0.1) is 5.92 Å². The molecule has 2 atom stereocenters. The van der Waals surface area contributed by atoms with Crippen LogP contribution in [0.4, 0.5) is 9.93 Å². The minimum absolute atomic E-state index is 0.0273. The highest BCUT2D eigenvalue weighted by Gasteiger charge is 2.55. The Morgan fingerprint density at radius 3 is 2.52 bits per heavy atom. The molecule has 0 aliphatic carbocycles. The van der Waals surface area contributed by atoms with Crippen LogP contribution in [0.1, 0.15) is 32.4 Å². The smallest absolute Gasteiger partial charge is 0.409 e. The Morgan fingerprint density at radius 1 is 1.25 bits per heavy atom. The molecule has 15 nitrogen and oxygen atoms in total. The molecular formula is C23H30N6O9S2. The molecule has 1 aromatic heterocycles. The highest BCUT2D eigenvalue weighted by atomic mass is 32.2. The molecule has 4 N–H and O–H groups in total. The molecule has 1 saturated heterocycles. The number of nitrogens with two attached hydrogens (primary N) is 1. The van der Waals surface area contributed by atoms with Crippen LogP contribution in [-0.2, 0) is 33.4 Å². The first-order chi connectivity index (χ1) is 19.0. The van der Waals surface area contributed by atoms with Crippen molar-refractivity contribution in [2.24, 2.45) is 11.1 Å². The Bertz CT molecular complexity index is 1230. The van der Waals surface area contributed by atoms with Gasteiger partial charge < -0.3 is 35.4 Å². The molecule has 3 heterocycles. The van der Waals surface area contributed by atoms with Gasteiger partial charge in [0.15, 0.2) is 10.8 Å². The van der Waals surface area contributed by atoms with Gasteiger partial charge in [-0.25, -0.2) is 14.6 Å². The number of esters is 2. The van der Waals surface area contributed by atoms with Crippen molar-refractivity contribution >= 4 is 63.8 Å². The lowest BCUT2D eigenvalue weighted by Gasteiger charge is -2.49. The lowest BCUT2D eigenvalue weighted by molar-refractivity contribution is -0.170. The second kappa shape index (κ2) is 13.5. The van der Waals surface area contributed by atoms with Crippen LogP contribution in [-0.4, -0.2) is 100 Å². The monoisotopic (exact) mass is 598 g/mol. The number of carbonyl (C=O) groups is 5. The number of anilines is 1. The van der Waals surface area contributed by atoms with E-state index < -0.39 is 53.8 Å². The molecule has 0 unspecified atom stereocenters. The molecule has 0 bridgehead atoms. The maximum Gasteiger partial charge on any atom is 0.409 e. The molecule has 1 fully saturated rings. The number of ether oxygens (including phenoxy) is 3. The summed E-state index contributed by atoms with van der Waals surface area (Å²) in [6.45, 7) is 2.69. The lowest BCUT2D eigenvalue weighted by atomic mass is 10.0. The van der Waals surface area contributed by atoms with Gasteiger partial charge in [-0.2, -0.15) is 0 Å². The quantitative estimate of drug-likeness (QED) is 0.0806. The molecule has 0 aromatic carbocycles. The topological polar surface area (TPSA) is 203 Å². The number of hydrogen-bond acceptors (Lipinski definition) is 14. The van der Waals surface area contributed by atoms with E-state index in [1.807, 2.05) is 13.8 Å². The molecule has 3 rings (SSSR count). The summed E-state index contributed by atoms with van der Waals surface area (Å²) < 4.78 is 15.4. The number of carbonyl (C=O) groups excluding carboxylic acids is 5. The Kier molecular flexibility index (Phi) is 10.3. The molecule has 0 saturated carbocycles. The van der Waals surface area contributed by atoms with Crippen LogP contribution in [0.25, 0.3) is 0 Å². The average Bonchev–Trinajstić information content (AvgIpc) is 3.36. The van der Waals surface area contributed by atoms with E-state index in [1.54, 1.807) is 0 Å². The number of β-lactam (4-membered cyclic amide) rings is 1. The van der Waals surface area contributed by atoms with Crippen molar-refractivity contribution in [3.63, 3.8) is 0 Å². The van der Waals surface area contributed by atoms with E-state index in [0.29, 0.717) is 18.4 Å². The van der Waals surface area contributed by atoms with Crippen molar-refractivity contribution in [3.8, 4) is 0 Å². The lowest BCUT2D eigenvalue weighted by Crippen LogP contribution is -2.71. The van der Waals surface area contributed by atoms with Gasteiger partial charge in [-0.1, -0.05) is 19.0 Å². The van der Waals surface area contributed by atoms with Gasteiger partial charge in [-0.3, -0.25) is 19.3 Å². The van der Waals surface area contributed by atoms with E-state index in [4.69, 9.17) is 19.9 Å². The van der Waals surface area contributed by atoms with E-state index in [1.165, 1.54) is 36.1 Å². The number of nitrogen functional groups attached to an aromatic ring is 1. The highest BCUT2D eigenvalue weighted by Crippen LogP contribution is 2.40. The van der Waals surface area contributed by atoms with Gasteiger partial charge in [0.2, 0.25) is 6.79 Å². The fourth-order valence-corrected chi connectivity index (χ4v) is 5.70. The summed E-state index contributed by atoms with van der Waals surface area (Å²) in [5.74, 6) is -3.20. The number of aromatic nitrogens is 1. The minimum atomic E-state index is -1.08. The van der Waals surface area contributed by atoms with Crippen molar-refractivity contribution in [3.05, 3.63) is 22.3 Å². The molecule has 0 spiro atoms. The zero-order valence-corrected chi connectivity index (χ0v) is 23.9. The van der Waals surface area contributed by atoms with Crippen LogP contribution in [0.2, 0.25) is 0 Å². The Hall–Kier alpha value is -3.86. The number of hydrogen-bond donors (Lipinski definition) is 3. The molecule has 1 aromatic rings. The summed E-state index contributed by atoms with van der Waals surface area (Å²) in [6.07, 6.45) is 0.454. The Labute approximate surface area is 237 Å². The van der Waals surface area contributed by atoms with Crippen molar-refractivity contribution in [1.82, 2.24) is 20.1 Å². The molecule has 3 amide bonds. The number of amides is 3. The van der Waals surface area contributed by atoms with E-state index >= 15 is 0 Å². The van der Waals surface area contributed by atoms with Gasteiger partial charge in [-0.05, 0) is 12.8 Å². The zero-order chi connectivity index (χ0) is 29.6. The van der Waals surface area contributed by atoms with E-state index in [-0.39, 0.29) is 34.8 Å². The number of nitrogens with one attached hydrogen (secondary N) is 1. The predicted molar refractivity (Wildman–Crippen MR) is 143 cm³/mol. The SMILES string of the molecule is CCC(CC)C(=O)OCOC(=O)C1=C(COC(=O)N(C)C)CS[C@@H]2[C@H](NC(=O)/C(=N\O)c3csc(N)n3)C(=O)N12. The standard InChI is InChI=1S/C23H30N6O9S2/c1-5-11(6-2)20(32)37-10-38-21(33)16-12(7-36-23(34)28(3)4)8-39-19-15(18(31)29(16)19)26-17(30)14(27-35)13-9-40-22(24)25-13/h9,11,15,19,35H,5-8,10H2,1-4H3,(H2,24,25)(H,26,30)/b27-14-/t15-,19-/m1/s1. The summed E-state index contributed by atoms with van der Waals surface area (Å²) in [5.41, 5.74) is 5.29. The summed E-state index contributed by atoms with van der Waals surface area (Å²) in [4.78, 5) is 69.4. The largest absolute Gasteiger partial charge is 0.445 e. The average molecular weight is 599 g/mol. The number of rotatable bonds is 11. The Morgan fingerprint density at radius 2 is 1.95 bits per heavy atom. The van der Waals surface area contributed by atoms with Crippen molar-refractivity contribution in [2.45, 2.75) is 38.1 Å². The minimum Gasteiger partial charge on any atom is -0.445 e. The van der Waals surface area contributed by atoms with Crippen molar-refractivity contribution in [1.29, 1.82) is 0 Å². The Balaban J connectivity index is 1.76. The first-order valence-electron chi connectivity index (χ1n) is 12.1. The van der Waals surface area contributed by atoms with Crippen LogP contribution < -0.4 is 11.1 Å². The third-order valence-corrected chi connectivity index (χ3v) is 8.07. The number of nitrogens with zero attached hydrogens (tertiary/aromatic N) is 4. The number of oxime groups is 1. The summed E-state index contributed by atoms with van der Waals surface area (Å²) in [6, 6.07) is -1.08. The number of thiazole rings is 1. The molecule has 0 radical (unpaired) electrons. The molecule has 17 heteroatoms. The third-order valence-electron chi connectivity index (χ3n) is 6.05. The molecule has 40 heavy (non-hydrogen) atoms. The fourth-order valence-electron chi connectivity index (χ4n) is 3.83. The maximum atomic E-state index is 13.2. The second-order valence-electron chi connectivity index (χ2n) is 8.81. The molecule has 2 aliphatic rings. The van der Waals surface area contributed by atoms with Crippen molar-refractivity contribution in [2.75, 3.05) is 39.0 Å². The van der Waals surface area contributed by atoms with Crippen molar-refractivity contribution < 1.29 is 43.4 Å². The van der Waals surface area contributed by atoms with E-state index in [2.05, 4.69) is 15.5 Å². The van der Waals surface area contributed by atoms with Gasteiger partial charge in [-0.15, -0.1) is 23.1 Å². The van der Waals surface area contributed by atoms with Gasteiger partial charge in [0.1, 0.15) is 29.4 Å². The summed E-state index contributed by atoms with van der Waals surface area (Å²) in [5, 5.41) is 15.7. The third kappa shape index (κ3) is 6.64. The van der Waals surface area contributed by atoms with Gasteiger partial charge >= 0.3 is 18.0 Å². The van der Waals surface area contributed by atoms with Gasteiger partial charge in [0.25, 0.3) is 11.8 Å². The zero-order valence-electron chi connectivity index (χ0n) is 22.2. The van der Waals surface area contributed by atoms with Crippen LogP contribution in [0.15, 0.2) is 21.8 Å². The molecular weight excluding hydrogens is 568 g/mol. The molecule has 218 valence electrons. The second-order valence-corrected chi connectivity index (χ2v) is 10.8. The van der Waals surface area contributed by atoms with Crippen LogP contribution in [0.5, 0.6) is 0 Å². The normalized spacial score (nSPS) is 18.6. The van der Waals surface area contributed by atoms with Crippen LogP contribution in [0.3, 0.4) is 0 Å². The fraction of sp³-hybridized carbons (Fsp3) is 0.522. The predicted octanol–water partition coefficient (Wildman–Crippen LogP) is 0.736. The first kappa shape index (κ1) is 30.7. The van der Waals surface area contributed by atoms with Gasteiger partial charge in [0.05, 0.1) is 5.92 Å². The summed E-state index contributed by atoms with van der Waals surface area (Å²) in [7, 11) is 2.98. The summed E-state index contributed by atoms with van der Waals surface area (Å²) >= 11 is 2.25. The molecule has 2 aliphatic heterocycles. The maximum absolute atomic E-state index is 13.2. The van der Waals surface area contributed by atoms with Crippen LogP contribution >= 0.6 is 23.1 Å². The highest BCUT2D eigenvalue weighted by molar-refractivity contribution is 8.00. The first-order valence-corrected chi connectivity index (χ1v) is 14.1.